The van der Waals surface area contributed by atoms with Gasteiger partial charge in [-0.15, -0.1) is 0 Å². The van der Waals surface area contributed by atoms with Gasteiger partial charge in [0.05, 0.1) is 19.9 Å². The van der Waals surface area contributed by atoms with Gasteiger partial charge < -0.3 is 35.6 Å². The van der Waals surface area contributed by atoms with E-state index in [4.69, 9.17) is 15.2 Å². The van der Waals surface area contributed by atoms with Crippen LogP contribution in [0.3, 0.4) is 0 Å². The normalized spacial score (nSPS) is 23.6. The summed E-state index contributed by atoms with van der Waals surface area (Å²) < 4.78 is 12.1. The number of hydrogen-bond donors (Lipinski definition) is 6. The van der Waals surface area contributed by atoms with E-state index < -0.39 is 31.1 Å². The Labute approximate surface area is 175 Å². The highest BCUT2D eigenvalue weighted by Crippen LogP contribution is 2.35. The number of benzene rings is 1. The molecule has 0 unspecified atom stereocenters. The number of hydrazone groups is 1. The van der Waals surface area contributed by atoms with Crippen LogP contribution >= 0.6 is 0 Å². The monoisotopic (exact) mass is 431 g/mol. The summed E-state index contributed by atoms with van der Waals surface area (Å²) >= 11 is 0. The van der Waals surface area contributed by atoms with E-state index in [1.807, 2.05) is 0 Å². The highest BCUT2D eigenvalue weighted by Gasteiger charge is 2.45. The van der Waals surface area contributed by atoms with Gasteiger partial charge in [0.2, 0.25) is 5.95 Å². The molecule has 7 N–H and O–H groups in total. The molecule has 0 aliphatic carbocycles. The zero-order valence-electron chi connectivity index (χ0n) is 16.3. The van der Waals surface area contributed by atoms with Crippen molar-refractivity contribution >= 4 is 29.1 Å². The number of aromatic nitrogens is 4. The molecule has 0 saturated carbocycles. The molecule has 13 heteroatoms. The molecule has 1 aliphatic rings. The minimum Gasteiger partial charge on any atom is -0.504 e. The van der Waals surface area contributed by atoms with Crippen molar-refractivity contribution in [3.63, 3.8) is 0 Å². The molecule has 4 rings (SSSR count). The number of ether oxygens (including phenoxy) is 2. The lowest BCUT2D eigenvalue weighted by molar-refractivity contribution is -0.0501. The zero-order chi connectivity index (χ0) is 22.1. The van der Waals surface area contributed by atoms with Gasteiger partial charge in [-0.05, 0) is 23.8 Å². The topological polar surface area (TPSA) is 193 Å². The molecule has 0 bridgehead atoms. The van der Waals surface area contributed by atoms with Gasteiger partial charge in [0.1, 0.15) is 24.6 Å². The fourth-order valence-electron chi connectivity index (χ4n) is 3.28. The predicted octanol–water partition coefficient (Wildman–Crippen LogP) is -0.820. The molecular formula is C18H21N7O6. The van der Waals surface area contributed by atoms with E-state index in [0.29, 0.717) is 5.56 Å². The van der Waals surface area contributed by atoms with Crippen molar-refractivity contribution in [1.82, 2.24) is 19.5 Å². The van der Waals surface area contributed by atoms with Crippen molar-refractivity contribution in [2.24, 2.45) is 5.10 Å². The number of aliphatic hydroxyl groups is 3. The standard InChI is InChI=1S/C18H21N7O6/c1-30-10-4-8(2-3-9(10)27)5-22-24-18-23-12-15(19)20-7-21-16(12)25(18)17-14(29)13(28)11(6-26)31-17/h2-5,7,11,13-14,17,26-29H,6H2,1H3,(H,23,24)(H2,19,20,21)/b22-5+/t11-,13+,14+,17-/m0/s1. The molecule has 13 nitrogen and oxygen atoms in total. The third kappa shape index (κ3) is 3.70. The molecule has 0 radical (unpaired) electrons. The first kappa shape index (κ1) is 20.7. The number of rotatable bonds is 6. The molecule has 164 valence electrons. The Kier molecular flexibility index (Phi) is 5.56. The smallest absolute Gasteiger partial charge is 0.228 e. The van der Waals surface area contributed by atoms with Gasteiger partial charge >= 0.3 is 0 Å². The number of nitrogens with two attached hydrogens (primary N) is 1. The third-order valence-corrected chi connectivity index (χ3v) is 4.86. The van der Waals surface area contributed by atoms with Crippen LogP contribution in [0.25, 0.3) is 11.2 Å². The first-order valence-corrected chi connectivity index (χ1v) is 9.21. The summed E-state index contributed by atoms with van der Waals surface area (Å²) in [5, 5.41) is 43.8. The molecule has 3 aromatic rings. The summed E-state index contributed by atoms with van der Waals surface area (Å²) in [6.07, 6.45) is -2.09. The van der Waals surface area contributed by atoms with Crippen molar-refractivity contribution < 1.29 is 29.9 Å². The van der Waals surface area contributed by atoms with Crippen molar-refractivity contribution in [3.05, 3.63) is 30.1 Å². The Balaban J connectivity index is 1.69. The van der Waals surface area contributed by atoms with Crippen LogP contribution in [0.15, 0.2) is 29.6 Å². The molecular weight excluding hydrogens is 410 g/mol. The van der Waals surface area contributed by atoms with Gasteiger partial charge in [-0.1, -0.05) is 0 Å². The molecule has 1 fully saturated rings. The number of nitrogens with one attached hydrogen (secondary N) is 1. The molecule has 31 heavy (non-hydrogen) atoms. The van der Waals surface area contributed by atoms with E-state index in [1.165, 1.54) is 30.3 Å². The molecule has 1 aromatic carbocycles. The van der Waals surface area contributed by atoms with Crippen molar-refractivity contribution in [2.75, 3.05) is 24.9 Å². The average molecular weight is 431 g/mol. The van der Waals surface area contributed by atoms with E-state index in [0.717, 1.165) is 0 Å². The van der Waals surface area contributed by atoms with Crippen LogP contribution in [0, 0.1) is 0 Å². The van der Waals surface area contributed by atoms with Gasteiger partial charge in [0.25, 0.3) is 0 Å². The van der Waals surface area contributed by atoms with Gasteiger partial charge in [-0.3, -0.25) is 4.57 Å². The van der Waals surface area contributed by atoms with Gasteiger partial charge in [0.15, 0.2) is 34.7 Å². The quantitative estimate of drug-likeness (QED) is 0.211. The van der Waals surface area contributed by atoms with Crippen LogP contribution in [0.4, 0.5) is 11.8 Å². The molecule has 4 atom stereocenters. The van der Waals surface area contributed by atoms with E-state index in [-0.39, 0.29) is 34.4 Å². The van der Waals surface area contributed by atoms with Gasteiger partial charge in [0, 0.05) is 0 Å². The Morgan fingerprint density at radius 1 is 1.32 bits per heavy atom. The average Bonchev–Trinajstić information content (AvgIpc) is 3.27. The summed E-state index contributed by atoms with van der Waals surface area (Å²) in [5.74, 6) is 0.489. The number of fused-ring (bicyclic) bond motifs is 1. The summed E-state index contributed by atoms with van der Waals surface area (Å²) in [7, 11) is 1.43. The minimum atomic E-state index is -1.36. The van der Waals surface area contributed by atoms with E-state index >= 15 is 0 Å². The lowest BCUT2D eigenvalue weighted by atomic mass is 10.1. The number of hydrogen-bond acceptors (Lipinski definition) is 12. The predicted molar refractivity (Wildman–Crippen MR) is 109 cm³/mol. The maximum absolute atomic E-state index is 10.5. The van der Waals surface area contributed by atoms with Crippen LogP contribution < -0.4 is 15.9 Å². The molecule has 0 amide bonds. The van der Waals surface area contributed by atoms with E-state index in [9.17, 15) is 20.4 Å². The van der Waals surface area contributed by atoms with Crippen LogP contribution in [-0.2, 0) is 4.74 Å². The number of aromatic hydroxyl groups is 1. The highest BCUT2D eigenvalue weighted by molar-refractivity contribution is 5.85. The summed E-state index contributed by atoms with van der Waals surface area (Å²) in [5.41, 5.74) is 9.73. The van der Waals surface area contributed by atoms with Crippen LogP contribution in [0.1, 0.15) is 11.8 Å². The Hall–Kier alpha value is -3.52. The summed E-state index contributed by atoms with van der Waals surface area (Å²) in [6.45, 7) is -0.484. The number of phenols is 1. The first-order valence-electron chi connectivity index (χ1n) is 9.21. The first-order chi connectivity index (χ1) is 14.9. The largest absolute Gasteiger partial charge is 0.504 e. The summed E-state index contributed by atoms with van der Waals surface area (Å²) in [6, 6.07) is 4.67. The van der Waals surface area contributed by atoms with E-state index in [2.05, 4.69) is 25.5 Å². The van der Waals surface area contributed by atoms with Crippen LogP contribution in [-0.4, -0.2) is 78.2 Å². The molecule has 2 aromatic heterocycles. The van der Waals surface area contributed by atoms with Gasteiger partial charge in [-0.2, -0.15) is 5.10 Å². The van der Waals surface area contributed by atoms with Crippen molar-refractivity contribution in [1.29, 1.82) is 0 Å². The molecule has 1 aliphatic heterocycles. The second-order valence-electron chi connectivity index (χ2n) is 6.77. The van der Waals surface area contributed by atoms with Gasteiger partial charge in [-0.25, -0.2) is 20.4 Å². The number of nitrogen functional groups attached to an aromatic ring is 1. The Bertz CT molecular complexity index is 1120. The van der Waals surface area contributed by atoms with Crippen LogP contribution in [0.2, 0.25) is 0 Å². The maximum Gasteiger partial charge on any atom is 0.228 e. The lowest BCUT2D eigenvalue weighted by Crippen LogP contribution is -2.33. The minimum absolute atomic E-state index is 0.00665. The SMILES string of the molecule is COc1cc(/C=N/Nc2nc3c(N)ncnc3n2[C@H]2O[C@@H](CO)[C@@H](O)[C@H]2O)ccc1O. The number of anilines is 2. The second kappa shape index (κ2) is 8.31. The zero-order valence-corrected chi connectivity index (χ0v) is 16.3. The number of imidazole rings is 1. The third-order valence-electron chi connectivity index (χ3n) is 4.86. The fourth-order valence-corrected chi connectivity index (χ4v) is 3.28. The molecule has 1 saturated heterocycles. The van der Waals surface area contributed by atoms with Crippen molar-refractivity contribution in [2.45, 2.75) is 24.5 Å². The number of phenolic OH excluding ortho intramolecular Hbond substituents is 1. The molecule has 0 spiro atoms. The second-order valence-corrected chi connectivity index (χ2v) is 6.77. The Morgan fingerprint density at radius 3 is 2.84 bits per heavy atom. The lowest BCUT2D eigenvalue weighted by Gasteiger charge is -2.18. The molecule has 3 heterocycles. The maximum atomic E-state index is 10.5. The Morgan fingerprint density at radius 2 is 2.13 bits per heavy atom. The number of methoxy groups -OCH3 is 1. The number of nitrogens with zero attached hydrogens (tertiary/aromatic N) is 5. The van der Waals surface area contributed by atoms with Crippen molar-refractivity contribution in [3.8, 4) is 11.5 Å². The van der Waals surface area contributed by atoms with E-state index in [1.54, 1.807) is 12.1 Å². The highest BCUT2D eigenvalue weighted by atomic mass is 16.6. The number of aliphatic hydroxyl groups excluding tert-OH is 3. The van der Waals surface area contributed by atoms with Crippen LogP contribution in [0.5, 0.6) is 11.5 Å². The fraction of sp³-hybridized carbons (Fsp3) is 0.333. The summed E-state index contributed by atoms with van der Waals surface area (Å²) in [4.78, 5) is 12.4.